The highest BCUT2D eigenvalue weighted by Crippen LogP contribution is 2.39. The molecule has 0 spiro atoms. The lowest BCUT2D eigenvalue weighted by Crippen LogP contribution is -2.38. The average molecular weight is 333 g/mol. The molecule has 1 saturated heterocycles. The summed E-state index contributed by atoms with van der Waals surface area (Å²) in [7, 11) is 0. The van der Waals surface area contributed by atoms with Crippen LogP contribution in [0.1, 0.15) is 34.1 Å². The highest BCUT2D eigenvalue weighted by molar-refractivity contribution is 9.10. The second-order valence-electron chi connectivity index (χ2n) is 5.99. The van der Waals surface area contributed by atoms with Crippen molar-refractivity contribution in [2.45, 2.75) is 51.4 Å². The van der Waals surface area contributed by atoms with Crippen LogP contribution in [0.3, 0.4) is 0 Å². The quantitative estimate of drug-likeness (QED) is 0.835. The predicted molar refractivity (Wildman–Crippen MR) is 80.4 cm³/mol. The van der Waals surface area contributed by atoms with Crippen LogP contribution in [0, 0.1) is 0 Å². The summed E-state index contributed by atoms with van der Waals surface area (Å²) < 4.78 is 7.06. The van der Waals surface area contributed by atoms with Gasteiger partial charge in [0.15, 0.2) is 0 Å². The lowest BCUT2D eigenvalue weighted by atomic mass is 9.94. The van der Waals surface area contributed by atoms with Crippen molar-refractivity contribution in [1.29, 1.82) is 0 Å². The third-order valence-electron chi connectivity index (χ3n) is 3.34. The summed E-state index contributed by atoms with van der Waals surface area (Å²) in [5.41, 5.74) is 0.669. The van der Waals surface area contributed by atoms with E-state index in [4.69, 9.17) is 16.3 Å². The molecule has 2 nitrogen and oxygen atoms in total. The minimum atomic E-state index is -0.195. The SMILES string of the molecule is CC1(C)CC(Nc2ccc(Br)cc2Cl)C(C)(C)O1. The van der Waals surface area contributed by atoms with E-state index in [2.05, 4.69) is 48.9 Å². The van der Waals surface area contributed by atoms with Crippen molar-refractivity contribution >= 4 is 33.2 Å². The third kappa shape index (κ3) is 3.01. The number of ether oxygens (including phenoxy) is 1. The first-order chi connectivity index (χ1) is 8.20. The molecule has 1 heterocycles. The molecule has 1 aromatic rings. The lowest BCUT2D eigenvalue weighted by molar-refractivity contribution is -0.0662. The van der Waals surface area contributed by atoms with E-state index in [0.29, 0.717) is 0 Å². The second-order valence-corrected chi connectivity index (χ2v) is 7.31. The van der Waals surface area contributed by atoms with Crippen LogP contribution in [-0.4, -0.2) is 17.2 Å². The summed E-state index contributed by atoms with van der Waals surface area (Å²) in [6.45, 7) is 8.48. The third-order valence-corrected chi connectivity index (χ3v) is 4.14. The van der Waals surface area contributed by atoms with Crippen LogP contribution in [0.2, 0.25) is 5.02 Å². The van der Waals surface area contributed by atoms with E-state index in [-0.39, 0.29) is 17.2 Å². The molecule has 0 saturated carbocycles. The van der Waals surface area contributed by atoms with Crippen LogP contribution < -0.4 is 5.32 Å². The summed E-state index contributed by atoms with van der Waals surface area (Å²) in [6, 6.07) is 6.14. The molecule has 1 aliphatic rings. The van der Waals surface area contributed by atoms with Crippen molar-refractivity contribution in [3.05, 3.63) is 27.7 Å². The van der Waals surface area contributed by atoms with Crippen LogP contribution >= 0.6 is 27.5 Å². The fourth-order valence-corrected chi connectivity index (χ4v) is 3.31. The van der Waals surface area contributed by atoms with Crippen LogP contribution in [0.5, 0.6) is 0 Å². The molecule has 18 heavy (non-hydrogen) atoms. The van der Waals surface area contributed by atoms with Crippen molar-refractivity contribution in [2.75, 3.05) is 5.32 Å². The van der Waals surface area contributed by atoms with E-state index in [1.807, 2.05) is 18.2 Å². The van der Waals surface area contributed by atoms with Crippen molar-refractivity contribution in [3.8, 4) is 0 Å². The van der Waals surface area contributed by atoms with Gasteiger partial charge in [0.1, 0.15) is 0 Å². The first kappa shape index (κ1) is 14.2. The molecule has 0 aliphatic carbocycles. The Kier molecular flexibility index (Phi) is 3.69. The molecule has 1 N–H and O–H groups in total. The molecular weight excluding hydrogens is 314 g/mol. The number of benzene rings is 1. The summed E-state index contributed by atoms with van der Waals surface area (Å²) in [5, 5.41) is 4.23. The topological polar surface area (TPSA) is 21.3 Å². The molecule has 4 heteroatoms. The molecular formula is C14H19BrClNO. The molecule has 1 fully saturated rings. The van der Waals surface area contributed by atoms with E-state index < -0.39 is 0 Å². The molecule has 0 aromatic heterocycles. The first-order valence-corrected chi connectivity index (χ1v) is 7.28. The van der Waals surface area contributed by atoms with Crippen LogP contribution in [-0.2, 0) is 4.74 Å². The normalized spacial score (nSPS) is 25.1. The number of halogens is 2. The minimum Gasteiger partial charge on any atom is -0.378 e. The van der Waals surface area contributed by atoms with Gasteiger partial charge in [0.05, 0.1) is 28.0 Å². The molecule has 1 aromatic carbocycles. The van der Waals surface area contributed by atoms with E-state index in [0.717, 1.165) is 21.6 Å². The first-order valence-electron chi connectivity index (χ1n) is 6.11. The Bertz CT molecular complexity index is 459. The van der Waals surface area contributed by atoms with Crippen molar-refractivity contribution in [2.24, 2.45) is 0 Å². The molecule has 100 valence electrons. The largest absolute Gasteiger partial charge is 0.378 e. The summed E-state index contributed by atoms with van der Waals surface area (Å²) in [5.74, 6) is 0. The second kappa shape index (κ2) is 4.69. The van der Waals surface area contributed by atoms with Gasteiger partial charge in [0, 0.05) is 4.47 Å². The molecule has 1 unspecified atom stereocenters. The number of anilines is 1. The zero-order chi connectivity index (χ0) is 13.6. The van der Waals surface area contributed by atoms with Gasteiger partial charge in [0.25, 0.3) is 0 Å². The minimum absolute atomic E-state index is 0.0942. The van der Waals surface area contributed by atoms with Crippen LogP contribution in [0.4, 0.5) is 5.69 Å². The lowest BCUT2D eigenvalue weighted by Gasteiger charge is -2.28. The van der Waals surface area contributed by atoms with Gasteiger partial charge in [-0.25, -0.2) is 0 Å². The molecule has 0 bridgehead atoms. The van der Waals surface area contributed by atoms with E-state index in [1.54, 1.807) is 0 Å². The Labute approximate surface area is 122 Å². The van der Waals surface area contributed by atoms with Gasteiger partial charge in [-0.15, -0.1) is 0 Å². The van der Waals surface area contributed by atoms with Gasteiger partial charge < -0.3 is 10.1 Å². The van der Waals surface area contributed by atoms with Gasteiger partial charge in [-0.05, 0) is 52.3 Å². The molecule has 1 atom stereocenters. The molecule has 1 aliphatic heterocycles. The Morgan fingerprint density at radius 3 is 2.50 bits per heavy atom. The number of nitrogens with one attached hydrogen (secondary N) is 1. The highest BCUT2D eigenvalue weighted by atomic mass is 79.9. The number of hydrogen-bond acceptors (Lipinski definition) is 2. The maximum absolute atomic E-state index is 6.24. The molecule has 0 amide bonds. The zero-order valence-electron chi connectivity index (χ0n) is 11.2. The maximum atomic E-state index is 6.24. The summed E-state index contributed by atoms with van der Waals surface area (Å²) in [6.07, 6.45) is 0.965. The van der Waals surface area contributed by atoms with E-state index in [9.17, 15) is 0 Å². The van der Waals surface area contributed by atoms with Gasteiger partial charge >= 0.3 is 0 Å². The van der Waals surface area contributed by atoms with E-state index >= 15 is 0 Å². The standard InChI is InChI=1S/C14H19BrClNO/c1-13(2)8-12(14(3,4)18-13)17-11-6-5-9(15)7-10(11)16/h5-7,12,17H,8H2,1-4H3. The molecule has 2 rings (SSSR count). The summed E-state index contributed by atoms with van der Waals surface area (Å²) in [4.78, 5) is 0. The average Bonchev–Trinajstić information content (AvgIpc) is 2.39. The van der Waals surface area contributed by atoms with Crippen LogP contribution in [0.25, 0.3) is 0 Å². The monoisotopic (exact) mass is 331 g/mol. The van der Waals surface area contributed by atoms with Crippen molar-refractivity contribution in [1.82, 2.24) is 0 Å². The fourth-order valence-electron chi connectivity index (χ4n) is 2.58. The van der Waals surface area contributed by atoms with Crippen LogP contribution in [0.15, 0.2) is 22.7 Å². The molecule has 0 radical (unpaired) electrons. The van der Waals surface area contributed by atoms with Gasteiger partial charge in [-0.3, -0.25) is 0 Å². The predicted octanol–water partition coefficient (Wildman–Crippen LogP) is 4.86. The Balaban J connectivity index is 2.19. The zero-order valence-corrected chi connectivity index (χ0v) is 13.5. The van der Waals surface area contributed by atoms with Gasteiger partial charge in [-0.2, -0.15) is 0 Å². The maximum Gasteiger partial charge on any atom is 0.0834 e. The smallest absolute Gasteiger partial charge is 0.0834 e. The Morgan fingerprint density at radius 2 is 2.00 bits per heavy atom. The number of hydrogen-bond donors (Lipinski definition) is 1. The summed E-state index contributed by atoms with van der Waals surface area (Å²) >= 11 is 9.65. The Morgan fingerprint density at radius 1 is 1.33 bits per heavy atom. The van der Waals surface area contributed by atoms with E-state index in [1.165, 1.54) is 0 Å². The van der Waals surface area contributed by atoms with Gasteiger partial charge in [-0.1, -0.05) is 27.5 Å². The van der Waals surface area contributed by atoms with Crippen molar-refractivity contribution in [3.63, 3.8) is 0 Å². The van der Waals surface area contributed by atoms with Crippen molar-refractivity contribution < 1.29 is 4.74 Å². The number of rotatable bonds is 2. The highest BCUT2D eigenvalue weighted by Gasteiger charge is 2.45. The van der Waals surface area contributed by atoms with Gasteiger partial charge in [0.2, 0.25) is 0 Å². The Hall–Kier alpha value is -0.250. The fraction of sp³-hybridized carbons (Fsp3) is 0.571.